The van der Waals surface area contributed by atoms with Crippen LogP contribution in [0.15, 0.2) is 48.7 Å². The number of carbonyl (C=O) groups excluding carboxylic acids is 4. The van der Waals surface area contributed by atoms with Gasteiger partial charge in [-0.25, -0.2) is 8.78 Å². The molecule has 5 fully saturated rings. The first-order valence-corrected chi connectivity index (χ1v) is 35.0. The third-order valence-corrected chi connectivity index (χ3v) is 19.8. The molecule has 1 saturated carbocycles. The molecule has 16 heteroatoms. The maximum absolute atomic E-state index is 15.9. The smallest absolute Gasteiger partial charge is 0.318 e. The number of carbonyl (C=O) groups is 4. The molecular formula is C75H111F2N7O7. The van der Waals surface area contributed by atoms with Crippen LogP contribution >= 0.6 is 0 Å². The Labute approximate surface area is 543 Å². The Balaban J connectivity index is 0.000000204. The van der Waals surface area contributed by atoms with E-state index in [9.17, 15) is 28.7 Å². The lowest BCUT2D eigenvalue weighted by Crippen LogP contribution is -2.54. The van der Waals surface area contributed by atoms with Gasteiger partial charge in [0.25, 0.3) is 0 Å². The van der Waals surface area contributed by atoms with E-state index >= 15 is 4.39 Å². The van der Waals surface area contributed by atoms with E-state index in [2.05, 4.69) is 90.7 Å². The molecule has 3 amide bonds. The predicted molar refractivity (Wildman–Crippen MR) is 366 cm³/mol. The second-order valence-corrected chi connectivity index (χ2v) is 26.5. The zero-order valence-corrected chi connectivity index (χ0v) is 57.9. The number of methoxy groups -OCH3 is 1. The van der Waals surface area contributed by atoms with E-state index in [1.54, 1.807) is 24.1 Å². The molecule has 4 saturated heterocycles. The third kappa shape index (κ3) is 19.2. The lowest BCUT2D eigenvalue weighted by atomic mass is 9.58. The summed E-state index contributed by atoms with van der Waals surface area (Å²) >= 11 is 0. The molecule has 2 N–H and O–H groups in total. The van der Waals surface area contributed by atoms with Gasteiger partial charge in [0.15, 0.2) is 5.82 Å². The van der Waals surface area contributed by atoms with Crippen molar-refractivity contribution in [2.75, 3.05) is 43.2 Å². The van der Waals surface area contributed by atoms with Gasteiger partial charge in [-0.15, -0.1) is 0 Å². The Morgan fingerprint density at radius 1 is 0.846 bits per heavy atom. The monoisotopic (exact) mass is 1260 g/mol. The molecule has 10 rings (SSSR count). The van der Waals surface area contributed by atoms with Crippen molar-refractivity contribution in [2.45, 2.75) is 255 Å². The molecule has 5 aliphatic rings. The minimum absolute atomic E-state index is 0.00757. The lowest BCUT2D eigenvalue weighted by Gasteiger charge is -2.47. The molecule has 2 aromatic heterocycles. The number of esters is 1. The fourth-order valence-electron chi connectivity index (χ4n) is 14.6. The van der Waals surface area contributed by atoms with Gasteiger partial charge in [-0.2, -0.15) is 9.97 Å². The molecule has 6 unspecified atom stereocenters. The molecule has 0 spiro atoms. The van der Waals surface area contributed by atoms with Gasteiger partial charge in [-0.3, -0.25) is 39.3 Å². The van der Waals surface area contributed by atoms with Gasteiger partial charge in [0.05, 0.1) is 12.5 Å². The molecule has 6 atom stereocenters. The number of amides is 3. The Morgan fingerprint density at radius 3 is 2.18 bits per heavy atom. The van der Waals surface area contributed by atoms with E-state index in [1.165, 1.54) is 134 Å². The number of ether oxygens (including phenoxy) is 2. The number of aromatic hydroxyl groups is 1. The van der Waals surface area contributed by atoms with Crippen LogP contribution in [0, 0.1) is 41.7 Å². The van der Waals surface area contributed by atoms with Crippen LogP contribution in [0.25, 0.3) is 32.9 Å². The summed E-state index contributed by atoms with van der Waals surface area (Å²) in [5.74, 6) is 1.80. The second kappa shape index (κ2) is 35.7. The summed E-state index contributed by atoms with van der Waals surface area (Å²) in [7, 11) is 1.44. The summed E-state index contributed by atoms with van der Waals surface area (Å²) in [4.78, 5) is 66.8. The van der Waals surface area contributed by atoms with Crippen LogP contribution in [0.2, 0.25) is 0 Å². The number of halogens is 2. The Bertz CT molecular complexity index is 3180. The number of rotatable bonds is 22. The zero-order chi connectivity index (χ0) is 66.5. The van der Waals surface area contributed by atoms with Gasteiger partial charge < -0.3 is 19.5 Å². The van der Waals surface area contributed by atoms with Gasteiger partial charge in [0.2, 0.25) is 17.7 Å². The quantitative estimate of drug-likeness (QED) is 0.0498. The van der Waals surface area contributed by atoms with Crippen LogP contribution < -0.4 is 19.9 Å². The van der Waals surface area contributed by atoms with Crippen LogP contribution in [-0.2, 0) is 30.3 Å². The molecule has 6 heterocycles. The second-order valence-electron chi connectivity index (χ2n) is 26.5. The molecule has 502 valence electrons. The number of imide groups is 1. The molecule has 3 aromatic carbocycles. The van der Waals surface area contributed by atoms with Crippen molar-refractivity contribution >= 4 is 56.9 Å². The van der Waals surface area contributed by atoms with E-state index in [0.29, 0.717) is 70.9 Å². The SMILES string of the molecule is CC.CC(=O)OCC1CCC2CCCN21.CCCC(CCC(C)CC)c1ccc(N(C(=O)CC)C2CCC(=O)NC2=O)c(C)c1.CCCC1(CCC(C)CC)CC(C)C1.CCc1c(F)ccc2cc(O)cc(-c3ncc4c(N5CCCC5)nc(OC)nc4c3F)c12. The van der Waals surface area contributed by atoms with Crippen molar-refractivity contribution in [3.8, 4) is 23.0 Å². The molecule has 1 aliphatic carbocycles. The molecule has 0 bridgehead atoms. The average Bonchev–Trinajstić information content (AvgIpc) is 1.62. The van der Waals surface area contributed by atoms with Crippen molar-refractivity contribution in [3.05, 3.63) is 77.0 Å². The number of benzene rings is 3. The van der Waals surface area contributed by atoms with E-state index in [1.807, 2.05) is 33.8 Å². The molecular weight excluding hydrogens is 1150 g/mol. The molecule has 14 nitrogen and oxygen atoms in total. The van der Waals surface area contributed by atoms with Crippen molar-refractivity contribution in [2.24, 2.45) is 23.2 Å². The van der Waals surface area contributed by atoms with Crippen LogP contribution in [0.3, 0.4) is 0 Å². The summed E-state index contributed by atoms with van der Waals surface area (Å²) < 4.78 is 40.8. The summed E-state index contributed by atoms with van der Waals surface area (Å²) in [5, 5.41) is 14.3. The number of aryl methyl sites for hydroxylation is 2. The first-order valence-electron chi connectivity index (χ1n) is 35.0. The van der Waals surface area contributed by atoms with Gasteiger partial charge in [0.1, 0.15) is 41.2 Å². The number of hydrogen-bond donors (Lipinski definition) is 2. The number of piperidine rings is 1. The van der Waals surface area contributed by atoms with Crippen LogP contribution in [-0.4, -0.2) is 100 Å². The van der Waals surface area contributed by atoms with Gasteiger partial charge in [0, 0.05) is 62.4 Å². The highest BCUT2D eigenvalue weighted by atomic mass is 19.1. The first kappa shape index (κ1) is 73.8. The van der Waals surface area contributed by atoms with Crippen molar-refractivity contribution in [1.29, 1.82) is 0 Å². The van der Waals surface area contributed by atoms with Crippen LogP contribution in [0.5, 0.6) is 11.8 Å². The van der Waals surface area contributed by atoms with Gasteiger partial charge >= 0.3 is 12.0 Å². The highest BCUT2D eigenvalue weighted by Gasteiger charge is 2.41. The van der Waals surface area contributed by atoms with Crippen LogP contribution in [0.1, 0.15) is 241 Å². The number of fused-ring (bicyclic) bond motifs is 3. The summed E-state index contributed by atoms with van der Waals surface area (Å²) in [6, 6.07) is 12.9. The average molecular weight is 1260 g/mol. The lowest BCUT2D eigenvalue weighted by molar-refractivity contribution is -0.142. The van der Waals surface area contributed by atoms with Crippen molar-refractivity contribution in [3.63, 3.8) is 0 Å². The topological polar surface area (TPSA) is 167 Å². The minimum Gasteiger partial charge on any atom is -0.508 e. The summed E-state index contributed by atoms with van der Waals surface area (Å²) in [5.41, 5.74) is 4.70. The number of nitrogens with one attached hydrogen (secondary N) is 1. The highest BCUT2D eigenvalue weighted by molar-refractivity contribution is 6.07. The van der Waals surface area contributed by atoms with Crippen molar-refractivity contribution < 1.29 is 42.5 Å². The molecule has 4 aliphatic heterocycles. The molecule has 0 radical (unpaired) electrons. The number of anilines is 2. The Morgan fingerprint density at radius 2 is 1.56 bits per heavy atom. The Hall–Kier alpha value is -6.29. The number of phenolic OH excluding ortho intramolecular Hbond substituents is 1. The van der Waals surface area contributed by atoms with Gasteiger partial charge in [-0.05, 0) is 184 Å². The van der Waals surface area contributed by atoms with Crippen molar-refractivity contribution in [1.82, 2.24) is 25.2 Å². The fraction of sp³-hybridized carbons (Fsp3) is 0.640. The van der Waals surface area contributed by atoms with Crippen LogP contribution in [0.4, 0.5) is 20.3 Å². The number of nitrogens with zero attached hydrogens (tertiary/aromatic N) is 6. The fourth-order valence-corrected chi connectivity index (χ4v) is 14.6. The number of pyridine rings is 1. The van der Waals surface area contributed by atoms with E-state index in [-0.39, 0.29) is 58.9 Å². The highest BCUT2D eigenvalue weighted by Crippen LogP contribution is 2.52. The number of aromatic nitrogens is 3. The number of phenols is 1. The third-order valence-electron chi connectivity index (χ3n) is 19.8. The summed E-state index contributed by atoms with van der Waals surface area (Å²) in [6.45, 7) is 30.8. The first-order chi connectivity index (χ1) is 43.7. The molecule has 5 aromatic rings. The van der Waals surface area contributed by atoms with E-state index < -0.39 is 11.9 Å². The Kier molecular flexibility index (Phi) is 28.9. The number of hydrogen-bond acceptors (Lipinski definition) is 12. The van der Waals surface area contributed by atoms with E-state index in [0.717, 1.165) is 79.2 Å². The minimum atomic E-state index is -0.665. The normalized spacial score (nSPS) is 21.1. The molecule has 91 heavy (non-hydrogen) atoms. The standard InChI is InChI=1S/C25H38N2O3.C24H22F2N4O2.C14H28.C10H17NO2.C2H6/c1-6-9-19(11-10-17(4)7-2)20-12-13-21(18(5)16-20)27(24(29)8-3)22-14-15-23(28)26-25(22)30;1-3-15-18(25)7-6-13-10-14(31)11-16(19(13)15)21-20(26)22-17(12-27-21)23(29-24(28-22)32-2)30-8-4-5-9-30;1-5-8-14(10-13(4)11-14)9-7-12(3)6-2;1-8(12)13-7-10-5-4-9-3-2-6-11(9)10;1-2/h12-13,16-17,19,22H,6-11,14-15H2,1-5H3,(H,26,28,30);6-7,10-12,31H,3-5,8-9H2,1-2H3;12-13H,5-11H2,1-4H3;9-10H,2-7H2,1H3;1-2H3. The van der Waals surface area contributed by atoms with E-state index in [4.69, 9.17) is 9.47 Å². The summed E-state index contributed by atoms with van der Waals surface area (Å²) in [6.07, 6.45) is 26.2. The zero-order valence-electron chi connectivity index (χ0n) is 57.9. The maximum Gasteiger partial charge on any atom is 0.318 e. The largest absolute Gasteiger partial charge is 0.508 e. The predicted octanol–water partition coefficient (Wildman–Crippen LogP) is 17.5. The maximum atomic E-state index is 15.9. The van der Waals surface area contributed by atoms with Gasteiger partial charge in [-0.1, -0.05) is 133 Å².